The molecule has 1 saturated heterocycles. The number of rotatable bonds is 0. The van der Waals surface area contributed by atoms with Crippen molar-refractivity contribution in [3.05, 3.63) is 0 Å². The highest BCUT2D eigenvalue weighted by Gasteiger charge is 1.98. The number of nitrogens with one attached hydrogen (secondary N) is 3. The number of hydrogen-bond donors (Lipinski definition) is 3. The van der Waals surface area contributed by atoms with Crippen LogP contribution in [0.1, 0.15) is 6.42 Å². The predicted molar refractivity (Wildman–Crippen MR) is 31.5 cm³/mol. The van der Waals surface area contributed by atoms with Gasteiger partial charge in [0, 0.05) is 13.0 Å². The fourth-order valence-corrected chi connectivity index (χ4v) is 0.568. The van der Waals surface area contributed by atoms with E-state index in [-0.39, 0.29) is 0 Å². The minimum absolute atomic E-state index is 0.874. The lowest BCUT2D eigenvalue weighted by Gasteiger charge is -2.15. The fraction of sp³-hybridized carbons (Fsp3) is 0.667. The summed E-state index contributed by atoms with van der Waals surface area (Å²) in [4.78, 5) is 0.874. The minimum atomic E-state index is 0.874. The summed E-state index contributed by atoms with van der Waals surface area (Å²) < 4.78 is 0. The lowest BCUT2D eigenvalue weighted by Crippen LogP contribution is -2.51. The minimum Gasteiger partial charge on any atom is -0.302 e. The molecule has 0 aromatic carbocycles. The normalized spacial score (nSPS) is 21.4. The van der Waals surface area contributed by atoms with E-state index in [1.165, 1.54) is 0 Å². The smallest absolute Gasteiger partial charge is 0.0919 e. The Labute approximate surface area is 47.4 Å². The van der Waals surface area contributed by atoms with E-state index in [0.29, 0.717) is 0 Å². The van der Waals surface area contributed by atoms with E-state index in [1.54, 1.807) is 0 Å². The molecular formula is C3H7N3S. The Balaban J connectivity index is 2.25. The highest BCUT2D eigenvalue weighted by molar-refractivity contribution is 7.80. The highest BCUT2D eigenvalue weighted by Crippen LogP contribution is 1.80. The largest absolute Gasteiger partial charge is 0.302 e. The molecule has 0 amide bonds. The van der Waals surface area contributed by atoms with Crippen molar-refractivity contribution in [2.45, 2.75) is 6.42 Å². The van der Waals surface area contributed by atoms with E-state index in [9.17, 15) is 0 Å². The van der Waals surface area contributed by atoms with E-state index in [1.807, 2.05) is 0 Å². The topological polar surface area (TPSA) is 36.1 Å². The first-order valence-corrected chi connectivity index (χ1v) is 2.57. The third-order valence-electron chi connectivity index (χ3n) is 0.767. The molecule has 0 aromatic rings. The van der Waals surface area contributed by atoms with Crippen LogP contribution in [-0.2, 0) is 0 Å². The third-order valence-corrected chi connectivity index (χ3v) is 1.07. The van der Waals surface area contributed by atoms with Gasteiger partial charge < -0.3 is 5.43 Å². The Kier molecular flexibility index (Phi) is 1.56. The Morgan fingerprint density at radius 3 is 2.71 bits per heavy atom. The molecule has 40 valence electrons. The zero-order chi connectivity index (χ0) is 5.11. The molecule has 7 heavy (non-hydrogen) atoms. The molecule has 0 aromatic heterocycles. The van der Waals surface area contributed by atoms with Gasteiger partial charge in [0.25, 0.3) is 0 Å². The molecule has 4 heteroatoms. The monoisotopic (exact) mass is 117 g/mol. The molecule has 1 heterocycles. The molecule has 1 aliphatic rings. The zero-order valence-corrected chi connectivity index (χ0v) is 4.64. The van der Waals surface area contributed by atoms with E-state index in [2.05, 4.69) is 16.4 Å². The lowest BCUT2D eigenvalue weighted by molar-refractivity contribution is 0.480. The first-order chi connectivity index (χ1) is 3.39. The molecule has 1 aliphatic heterocycles. The predicted octanol–water partition coefficient (Wildman–Crippen LogP) is -0.684. The Bertz CT molecular complexity index is 74.2. The van der Waals surface area contributed by atoms with Gasteiger partial charge in [0.05, 0.1) is 4.99 Å². The maximum absolute atomic E-state index is 4.79. The van der Waals surface area contributed by atoms with Gasteiger partial charge in [-0.1, -0.05) is 12.2 Å². The van der Waals surface area contributed by atoms with Gasteiger partial charge in [-0.25, -0.2) is 5.43 Å². The maximum Gasteiger partial charge on any atom is 0.0919 e. The van der Waals surface area contributed by atoms with Crippen molar-refractivity contribution in [1.82, 2.24) is 16.4 Å². The van der Waals surface area contributed by atoms with E-state index in [0.717, 1.165) is 18.0 Å². The molecule has 0 unspecified atom stereocenters. The van der Waals surface area contributed by atoms with Crippen LogP contribution >= 0.6 is 12.2 Å². The van der Waals surface area contributed by atoms with E-state index < -0.39 is 0 Å². The number of hydrogen-bond acceptors (Lipinski definition) is 3. The van der Waals surface area contributed by atoms with Crippen LogP contribution < -0.4 is 16.4 Å². The average molecular weight is 117 g/mol. The summed E-state index contributed by atoms with van der Waals surface area (Å²) in [6.07, 6.45) is 0.933. The van der Waals surface area contributed by atoms with Crippen LogP contribution in [0, 0.1) is 0 Å². The van der Waals surface area contributed by atoms with Crippen LogP contribution in [-0.4, -0.2) is 11.5 Å². The molecule has 0 aliphatic carbocycles. The van der Waals surface area contributed by atoms with Gasteiger partial charge in [0.1, 0.15) is 0 Å². The van der Waals surface area contributed by atoms with Crippen molar-refractivity contribution in [2.24, 2.45) is 0 Å². The first-order valence-electron chi connectivity index (χ1n) is 2.16. The van der Waals surface area contributed by atoms with Crippen molar-refractivity contribution >= 4 is 17.2 Å². The second-order valence-electron chi connectivity index (χ2n) is 1.35. The van der Waals surface area contributed by atoms with Crippen molar-refractivity contribution < 1.29 is 0 Å². The number of hydrazine groups is 2. The van der Waals surface area contributed by atoms with E-state index >= 15 is 0 Å². The fourth-order valence-electron chi connectivity index (χ4n) is 0.415. The molecule has 0 radical (unpaired) electrons. The maximum atomic E-state index is 4.79. The van der Waals surface area contributed by atoms with Gasteiger partial charge >= 0.3 is 0 Å². The highest BCUT2D eigenvalue weighted by atomic mass is 32.1. The van der Waals surface area contributed by atoms with Crippen LogP contribution in [0.5, 0.6) is 0 Å². The van der Waals surface area contributed by atoms with Crippen LogP contribution in [0.15, 0.2) is 0 Å². The standard InChI is InChI=1S/C3H7N3S/c7-3-1-2-4-6-5-3/h4,6H,1-2H2,(H,5,7). The van der Waals surface area contributed by atoms with E-state index in [4.69, 9.17) is 12.2 Å². The summed E-state index contributed by atoms with van der Waals surface area (Å²) in [5, 5.41) is 0. The molecule has 1 fully saturated rings. The molecule has 3 nitrogen and oxygen atoms in total. The molecule has 0 bridgehead atoms. The Morgan fingerprint density at radius 2 is 2.43 bits per heavy atom. The molecule has 1 rings (SSSR count). The summed E-state index contributed by atoms with van der Waals surface area (Å²) in [7, 11) is 0. The summed E-state index contributed by atoms with van der Waals surface area (Å²) in [5.41, 5.74) is 8.31. The van der Waals surface area contributed by atoms with Crippen molar-refractivity contribution in [2.75, 3.05) is 6.54 Å². The molecule has 0 saturated carbocycles. The van der Waals surface area contributed by atoms with Gasteiger partial charge in [0.15, 0.2) is 0 Å². The first kappa shape index (κ1) is 4.96. The number of thiocarbonyl (C=S) groups is 1. The van der Waals surface area contributed by atoms with Gasteiger partial charge in [-0.05, 0) is 0 Å². The SMILES string of the molecule is S=C1CCNNN1. The van der Waals surface area contributed by atoms with Crippen LogP contribution in [0.4, 0.5) is 0 Å². The zero-order valence-electron chi connectivity index (χ0n) is 3.82. The molecule has 3 N–H and O–H groups in total. The van der Waals surface area contributed by atoms with Gasteiger partial charge in [-0.2, -0.15) is 5.53 Å². The summed E-state index contributed by atoms with van der Waals surface area (Å²) in [5.74, 6) is 0. The summed E-state index contributed by atoms with van der Waals surface area (Å²) in [6.45, 7) is 0.922. The summed E-state index contributed by atoms with van der Waals surface area (Å²) in [6, 6.07) is 0. The second-order valence-corrected chi connectivity index (χ2v) is 1.84. The Morgan fingerprint density at radius 1 is 1.57 bits per heavy atom. The van der Waals surface area contributed by atoms with Gasteiger partial charge in [-0.3, -0.25) is 0 Å². The van der Waals surface area contributed by atoms with Gasteiger partial charge in [-0.15, -0.1) is 0 Å². The van der Waals surface area contributed by atoms with Gasteiger partial charge in [0.2, 0.25) is 0 Å². The molecular weight excluding hydrogens is 110 g/mol. The average Bonchev–Trinajstić information content (AvgIpc) is 1.69. The van der Waals surface area contributed by atoms with Crippen LogP contribution in [0.25, 0.3) is 0 Å². The van der Waals surface area contributed by atoms with Crippen molar-refractivity contribution in [1.29, 1.82) is 0 Å². The van der Waals surface area contributed by atoms with Crippen LogP contribution in [0.3, 0.4) is 0 Å². The second kappa shape index (κ2) is 2.20. The van der Waals surface area contributed by atoms with Crippen LogP contribution in [0.2, 0.25) is 0 Å². The molecule has 0 spiro atoms. The third kappa shape index (κ3) is 1.38. The van der Waals surface area contributed by atoms with Crippen molar-refractivity contribution in [3.63, 3.8) is 0 Å². The van der Waals surface area contributed by atoms with Crippen molar-refractivity contribution in [3.8, 4) is 0 Å². The quantitative estimate of drug-likeness (QED) is 0.367. The Hall–Kier alpha value is -0.190. The lowest BCUT2D eigenvalue weighted by atomic mass is 10.4. The molecule has 0 atom stereocenters. The summed E-state index contributed by atoms with van der Waals surface area (Å²) >= 11 is 4.79.